The number of amides is 1. The number of nitrogens with zero attached hydrogens (tertiary/aromatic N) is 4. The van der Waals surface area contributed by atoms with Crippen LogP contribution in [0.5, 0.6) is 0 Å². The zero-order chi connectivity index (χ0) is 21.4. The van der Waals surface area contributed by atoms with Crippen LogP contribution in [-0.2, 0) is 17.6 Å². The molecule has 1 amide bonds. The van der Waals surface area contributed by atoms with Gasteiger partial charge in [-0.25, -0.2) is 14.4 Å². The number of fused-ring (bicyclic) bond motifs is 5. The molecule has 0 bridgehead atoms. The van der Waals surface area contributed by atoms with E-state index in [1.165, 1.54) is 29.3 Å². The first-order valence-electron chi connectivity index (χ1n) is 11.1. The van der Waals surface area contributed by atoms with Crippen LogP contribution in [0.2, 0.25) is 0 Å². The number of piperidine rings is 1. The van der Waals surface area contributed by atoms with Crippen molar-refractivity contribution < 1.29 is 9.18 Å². The number of H-pyrrole nitrogens is 1. The Kier molecular flexibility index (Phi) is 3.88. The molecule has 7 nitrogen and oxygen atoms in total. The van der Waals surface area contributed by atoms with Gasteiger partial charge >= 0.3 is 0 Å². The van der Waals surface area contributed by atoms with Crippen LogP contribution >= 0.6 is 11.3 Å². The van der Waals surface area contributed by atoms with Crippen molar-refractivity contribution in [3.8, 4) is 0 Å². The fourth-order valence-corrected chi connectivity index (χ4v) is 6.71. The van der Waals surface area contributed by atoms with Crippen molar-refractivity contribution in [3.05, 3.63) is 40.9 Å². The van der Waals surface area contributed by atoms with E-state index in [1.807, 2.05) is 0 Å². The average molecular weight is 449 g/mol. The summed E-state index contributed by atoms with van der Waals surface area (Å²) in [6.07, 6.45) is 6.90. The van der Waals surface area contributed by atoms with Gasteiger partial charge < -0.3 is 10.2 Å². The van der Waals surface area contributed by atoms with Crippen LogP contribution in [-0.4, -0.2) is 44.1 Å². The van der Waals surface area contributed by atoms with Gasteiger partial charge in [0.15, 0.2) is 0 Å². The van der Waals surface area contributed by atoms with Crippen molar-refractivity contribution in [2.24, 2.45) is 17.8 Å². The summed E-state index contributed by atoms with van der Waals surface area (Å²) in [5, 5.41) is 11.7. The number of thiophene rings is 1. The summed E-state index contributed by atoms with van der Waals surface area (Å²) in [4.78, 5) is 26.2. The Bertz CT molecular complexity index is 1390. The van der Waals surface area contributed by atoms with Gasteiger partial charge in [0.2, 0.25) is 5.91 Å². The summed E-state index contributed by atoms with van der Waals surface area (Å²) in [5.41, 5.74) is 2.21. The molecule has 1 saturated carbocycles. The minimum Gasteiger partial charge on any atom is -0.342 e. The minimum absolute atomic E-state index is 0.0540. The molecule has 3 aliphatic rings. The Labute approximate surface area is 187 Å². The summed E-state index contributed by atoms with van der Waals surface area (Å²) in [7, 11) is 0. The van der Waals surface area contributed by atoms with Gasteiger partial charge in [-0.15, -0.1) is 11.3 Å². The predicted octanol–water partition coefficient (Wildman–Crippen LogP) is 4.03. The second-order valence-electron chi connectivity index (χ2n) is 9.26. The molecule has 1 aliphatic heterocycles. The van der Waals surface area contributed by atoms with Crippen LogP contribution in [0.3, 0.4) is 0 Å². The molecule has 4 aromatic rings. The van der Waals surface area contributed by atoms with Crippen LogP contribution in [0.25, 0.3) is 21.1 Å². The summed E-state index contributed by atoms with van der Waals surface area (Å²) < 4.78 is 14.7. The lowest BCUT2D eigenvalue weighted by Crippen LogP contribution is -2.37. The highest BCUT2D eigenvalue weighted by Gasteiger charge is 2.47. The third kappa shape index (κ3) is 2.83. The van der Waals surface area contributed by atoms with Gasteiger partial charge in [0, 0.05) is 35.3 Å². The third-order valence-corrected chi connectivity index (χ3v) is 8.43. The molecule has 2 N–H and O–H groups in total. The molecule has 1 aromatic carbocycles. The van der Waals surface area contributed by atoms with E-state index in [4.69, 9.17) is 0 Å². The number of halogens is 1. The largest absolute Gasteiger partial charge is 0.342 e. The highest BCUT2D eigenvalue weighted by atomic mass is 32.1. The van der Waals surface area contributed by atoms with Gasteiger partial charge in [-0.05, 0) is 49.1 Å². The summed E-state index contributed by atoms with van der Waals surface area (Å²) in [5.74, 6) is 2.13. The molecule has 2 fully saturated rings. The van der Waals surface area contributed by atoms with Crippen molar-refractivity contribution in [2.45, 2.75) is 25.7 Å². The molecule has 4 heterocycles. The lowest BCUT2D eigenvalue weighted by Gasteiger charge is -2.27. The van der Waals surface area contributed by atoms with E-state index in [2.05, 4.69) is 30.4 Å². The number of hydrogen-bond acceptors (Lipinski definition) is 6. The van der Waals surface area contributed by atoms with Crippen LogP contribution < -0.4 is 5.32 Å². The lowest BCUT2D eigenvalue weighted by molar-refractivity contribution is -0.135. The topological polar surface area (TPSA) is 86.8 Å². The molecule has 9 heteroatoms. The van der Waals surface area contributed by atoms with Crippen LogP contribution in [0.1, 0.15) is 23.3 Å². The molecule has 3 atom stereocenters. The van der Waals surface area contributed by atoms with Gasteiger partial charge in [-0.1, -0.05) is 0 Å². The smallest absolute Gasteiger partial charge is 0.226 e. The quantitative estimate of drug-likeness (QED) is 0.494. The number of aromatic amines is 1. The molecular weight excluding hydrogens is 427 g/mol. The van der Waals surface area contributed by atoms with Gasteiger partial charge in [-0.3, -0.25) is 9.89 Å². The Morgan fingerprint density at radius 3 is 3.00 bits per heavy atom. The number of carbonyl (C=O) groups is 1. The highest BCUT2D eigenvalue weighted by Crippen LogP contribution is 2.46. The number of anilines is 2. The van der Waals surface area contributed by atoms with Crippen molar-refractivity contribution in [3.63, 3.8) is 0 Å². The number of aryl methyl sites for hydroxylation is 1. The van der Waals surface area contributed by atoms with E-state index >= 15 is 0 Å². The Morgan fingerprint density at radius 1 is 1.25 bits per heavy atom. The van der Waals surface area contributed by atoms with Gasteiger partial charge in [0.1, 0.15) is 22.8 Å². The number of hydrogen-bond donors (Lipinski definition) is 2. The van der Waals surface area contributed by atoms with Crippen LogP contribution in [0.15, 0.2) is 24.7 Å². The maximum absolute atomic E-state index is 14.7. The van der Waals surface area contributed by atoms with Crippen LogP contribution in [0, 0.1) is 23.6 Å². The second-order valence-corrected chi connectivity index (χ2v) is 10.3. The van der Waals surface area contributed by atoms with Crippen LogP contribution in [0.4, 0.5) is 15.9 Å². The Hall–Kier alpha value is -3.07. The molecule has 3 aromatic heterocycles. The molecule has 7 rings (SSSR count). The SMILES string of the molecule is O=C([C@H]1CCc2c(sc3ncnc(Nc4cc5cn[nH]c5cc4F)c23)C1)N1CC2CC2C1. The van der Waals surface area contributed by atoms with E-state index in [0.29, 0.717) is 22.9 Å². The normalized spacial score (nSPS) is 24.0. The zero-order valence-corrected chi connectivity index (χ0v) is 18.1. The van der Waals surface area contributed by atoms with E-state index in [-0.39, 0.29) is 11.7 Å². The second kappa shape index (κ2) is 6.71. The number of benzene rings is 1. The van der Waals surface area contributed by atoms with Crippen molar-refractivity contribution in [1.29, 1.82) is 0 Å². The average Bonchev–Trinajstić information content (AvgIpc) is 3.14. The molecule has 32 heavy (non-hydrogen) atoms. The Morgan fingerprint density at radius 2 is 2.12 bits per heavy atom. The monoisotopic (exact) mass is 448 g/mol. The van der Waals surface area contributed by atoms with E-state index in [0.717, 1.165) is 59.8 Å². The van der Waals surface area contributed by atoms with Gasteiger partial charge in [0.25, 0.3) is 0 Å². The van der Waals surface area contributed by atoms with Gasteiger partial charge in [-0.2, -0.15) is 5.10 Å². The summed E-state index contributed by atoms with van der Waals surface area (Å²) >= 11 is 1.64. The molecule has 2 aliphatic carbocycles. The van der Waals surface area contributed by atoms with Crippen molar-refractivity contribution in [1.82, 2.24) is 25.1 Å². The number of carbonyl (C=O) groups excluding carboxylic acids is 1. The molecule has 0 radical (unpaired) electrons. The zero-order valence-electron chi connectivity index (χ0n) is 17.3. The molecule has 1 saturated heterocycles. The maximum atomic E-state index is 14.7. The predicted molar refractivity (Wildman–Crippen MR) is 120 cm³/mol. The van der Waals surface area contributed by atoms with Crippen molar-refractivity contribution in [2.75, 3.05) is 18.4 Å². The van der Waals surface area contributed by atoms with E-state index in [1.54, 1.807) is 23.6 Å². The number of aromatic nitrogens is 4. The third-order valence-electron chi connectivity index (χ3n) is 7.27. The fraction of sp³-hybridized carbons (Fsp3) is 0.391. The summed E-state index contributed by atoms with van der Waals surface area (Å²) in [6, 6.07) is 3.17. The standard InChI is InChI=1S/C23H21FN6OS/c24-16-6-17-12(7-27-29-17)4-18(16)28-21-20-15-2-1-11(5-19(15)32-22(20)26-10-25-21)23(31)30-8-13-3-14(13)9-30/h4,6-7,10-11,13-14H,1-3,5,8-9H2,(H,27,29)(H,25,26,28)/t11-,13?,14?/m0/s1. The number of rotatable bonds is 3. The lowest BCUT2D eigenvalue weighted by atomic mass is 9.87. The maximum Gasteiger partial charge on any atom is 0.226 e. The number of likely N-dealkylation sites (tertiary alicyclic amines) is 1. The minimum atomic E-state index is -0.369. The first kappa shape index (κ1) is 18.5. The fourth-order valence-electron chi connectivity index (χ4n) is 5.44. The highest BCUT2D eigenvalue weighted by molar-refractivity contribution is 7.19. The van der Waals surface area contributed by atoms with E-state index < -0.39 is 0 Å². The molecule has 162 valence electrons. The van der Waals surface area contributed by atoms with E-state index in [9.17, 15) is 9.18 Å². The molecular formula is C23H21FN6OS. The first-order chi connectivity index (χ1) is 15.6. The summed E-state index contributed by atoms with van der Waals surface area (Å²) in [6.45, 7) is 1.90. The first-order valence-corrected chi connectivity index (χ1v) is 11.9. The molecule has 2 unspecified atom stereocenters. The van der Waals surface area contributed by atoms with Crippen molar-refractivity contribution >= 4 is 49.9 Å². The molecule has 0 spiro atoms. The Balaban J connectivity index is 1.20. The number of nitrogens with one attached hydrogen (secondary N) is 2. The van der Waals surface area contributed by atoms with Gasteiger partial charge in [0.05, 0.1) is 22.8 Å².